The zero-order chi connectivity index (χ0) is 23.2. The molecule has 34 heavy (non-hydrogen) atoms. The molecule has 1 aliphatic rings. The van der Waals surface area contributed by atoms with Crippen LogP contribution in [0.25, 0.3) is 0 Å². The van der Waals surface area contributed by atoms with Crippen LogP contribution >= 0.6 is 0 Å². The molecule has 1 heterocycles. The highest BCUT2D eigenvalue weighted by molar-refractivity contribution is 5.47. The van der Waals surface area contributed by atoms with Crippen LogP contribution in [0.5, 0.6) is 0 Å². The first-order chi connectivity index (χ1) is 16.7. The summed E-state index contributed by atoms with van der Waals surface area (Å²) in [5, 5.41) is 10.8. The van der Waals surface area contributed by atoms with Crippen LogP contribution in [0.4, 0.5) is 0 Å². The van der Waals surface area contributed by atoms with Crippen molar-refractivity contribution < 1.29 is 9.84 Å². The fraction of sp³-hybridized carbons (Fsp3) is 0.226. The maximum Gasteiger partial charge on any atom is 0.144 e. The zero-order valence-electron chi connectivity index (χ0n) is 19.3. The normalized spacial score (nSPS) is 19.1. The highest BCUT2D eigenvalue weighted by Gasteiger charge is 2.41. The van der Waals surface area contributed by atoms with Crippen molar-refractivity contribution in [2.75, 3.05) is 13.1 Å². The summed E-state index contributed by atoms with van der Waals surface area (Å²) in [5.74, 6) is 0. The Morgan fingerprint density at radius 1 is 0.647 bits per heavy atom. The van der Waals surface area contributed by atoms with Gasteiger partial charge in [0.2, 0.25) is 0 Å². The van der Waals surface area contributed by atoms with Crippen molar-refractivity contribution in [3.8, 4) is 0 Å². The molecule has 172 valence electrons. The van der Waals surface area contributed by atoms with Crippen molar-refractivity contribution in [2.24, 2.45) is 0 Å². The number of aliphatic hydroxyl groups is 1. The molecule has 1 saturated heterocycles. The number of likely N-dealkylation sites (tertiary alicyclic amines) is 1. The molecule has 3 heteroatoms. The van der Waals surface area contributed by atoms with Crippen LogP contribution in [0.3, 0.4) is 0 Å². The van der Waals surface area contributed by atoms with Gasteiger partial charge in [-0.15, -0.1) is 0 Å². The highest BCUT2D eigenvalue weighted by atomic mass is 16.5. The molecule has 4 aromatic rings. The number of piperidine rings is 1. The molecular formula is C31H31NO2. The van der Waals surface area contributed by atoms with Crippen LogP contribution in [0.1, 0.15) is 28.7 Å². The lowest BCUT2D eigenvalue weighted by molar-refractivity contribution is -0.103. The van der Waals surface area contributed by atoms with E-state index in [-0.39, 0.29) is 6.10 Å². The summed E-state index contributed by atoms with van der Waals surface area (Å²) in [5.41, 5.74) is 3.73. The lowest BCUT2D eigenvalue weighted by Gasteiger charge is -2.43. The Balaban J connectivity index is 1.54. The van der Waals surface area contributed by atoms with Gasteiger partial charge >= 0.3 is 0 Å². The number of rotatable bonds is 7. The van der Waals surface area contributed by atoms with Gasteiger partial charge in [0, 0.05) is 26.1 Å². The standard InChI is InChI=1S/C31H31NO2/c33-29-21-30(24-32(23-29)22-25-13-5-1-6-14-25)34-31(26-15-7-2-8-16-26,27-17-9-3-10-18-27)28-19-11-4-12-20-28/h1-20,29-30,33H,21-24H2/t29-,30-/m1/s1. The van der Waals surface area contributed by atoms with E-state index in [0.717, 1.165) is 29.8 Å². The molecule has 1 N–H and O–H groups in total. The first-order valence-corrected chi connectivity index (χ1v) is 12.0. The molecule has 0 bridgehead atoms. The van der Waals surface area contributed by atoms with Gasteiger partial charge in [-0.3, -0.25) is 4.90 Å². The molecule has 1 aliphatic heterocycles. The summed E-state index contributed by atoms with van der Waals surface area (Å²) in [7, 11) is 0. The number of β-amino-alcohol motifs (C(OH)–C–C–N with tert-alkyl or cyclic N) is 1. The molecule has 0 unspecified atom stereocenters. The summed E-state index contributed by atoms with van der Waals surface area (Å²) in [6, 6.07) is 41.8. The quantitative estimate of drug-likeness (QED) is 0.371. The van der Waals surface area contributed by atoms with Gasteiger partial charge in [0.05, 0.1) is 12.2 Å². The summed E-state index contributed by atoms with van der Waals surface area (Å²) >= 11 is 0. The number of hydrogen-bond donors (Lipinski definition) is 1. The van der Waals surface area contributed by atoms with Crippen LogP contribution in [-0.4, -0.2) is 35.3 Å². The summed E-state index contributed by atoms with van der Waals surface area (Å²) in [6.45, 7) is 2.22. The number of aliphatic hydroxyl groups excluding tert-OH is 1. The van der Waals surface area contributed by atoms with Gasteiger partial charge in [-0.2, -0.15) is 0 Å². The molecular weight excluding hydrogens is 418 g/mol. The molecule has 0 spiro atoms. The van der Waals surface area contributed by atoms with Crippen molar-refractivity contribution in [2.45, 2.75) is 30.8 Å². The van der Waals surface area contributed by atoms with E-state index in [1.807, 2.05) is 24.3 Å². The third-order valence-electron chi connectivity index (χ3n) is 6.60. The molecule has 1 fully saturated rings. The van der Waals surface area contributed by atoms with E-state index in [9.17, 15) is 5.11 Å². The fourth-order valence-electron chi connectivity index (χ4n) is 5.14. The molecule has 3 nitrogen and oxygen atoms in total. The topological polar surface area (TPSA) is 32.7 Å². The summed E-state index contributed by atoms with van der Waals surface area (Å²) in [4.78, 5) is 2.31. The first kappa shape index (κ1) is 22.5. The van der Waals surface area contributed by atoms with Crippen molar-refractivity contribution >= 4 is 0 Å². The number of benzene rings is 4. The fourth-order valence-corrected chi connectivity index (χ4v) is 5.14. The number of ether oxygens (including phenoxy) is 1. The molecule has 0 aliphatic carbocycles. The number of nitrogens with zero attached hydrogens (tertiary/aromatic N) is 1. The van der Waals surface area contributed by atoms with Gasteiger partial charge in [-0.05, 0) is 22.3 Å². The predicted molar refractivity (Wildman–Crippen MR) is 136 cm³/mol. The second kappa shape index (κ2) is 10.4. The summed E-state index contributed by atoms with van der Waals surface area (Å²) < 4.78 is 7.17. The van der Waals surface area contributed by atoms with E-state index in [0.29, 0.717) is 13.0 Å². The van der Waals surface area contributed by atoms with E-state index < -0.39 is 11.7 Å². The smallest absolute Gasteiger partial charge is 0.144 e. The predicted octanol–water partition coefficient (Wildman–Crippen LogP) is 5.63. The third kappa shape index (κ3) is 4.83. The van der Waals surface area contributed by atoms with Crippen molar-refractivity contribution in [1.29, 1.82) is 0 Å². The monoisotopic (exact) mass is 449 g/mol. The Labute approximate surface area is 202 Å². The van der Waals surface area contributed by atoms with E-state index in [1.54, 1.807) is 0 Å². The molecule has 4 aromatic carbocycles. The Hall–Kier alpha value is -3.24. The van der Waals surface area contributed by atoms with Crippen molar-refractivity contribution in [3.63, 3.8) is 0 Å². The molecule has 0 amide bonds. The lowest BCUT2D eigenvalue weighted by atomic mass is 9.79. The van der Waals surface area contributed by atoms with Gasteiger partial charge in [0.1, 0.15) is 5.60 Å². The third-order valence-corrected chi connectivity index (χ3v) is 6.60. The first-order valence-electron chi connectivity index (χ1n) is 12.0. The largest absolute Gasteiger partial charge is 0.392 e. The van der Waals surface area contributed by atoms with Crippen LogP contribution in [-0.2, 0) is 16.9 Å². The average Bonchev–Trinajstić information content (AvgIpc) is 2.89. The van der Waals surface area contributed by atoms with Crippen LogP contribution in [0, 0.1) is 0 Å². The van der Waals surface area contributed by atoms with Gasteiger partial charge in [-0.25, -0.2) is 0 Å². The van der Waals surface area contributed by atoms with E-state index in [1.165, 1.54) is 5.56 Å². The zero-order valence-corrected chi connectivity index (χ0v) is 19.3. The van der Waals surface area contributed by atoms with Gasteiger partial charge < -0.3 is 9.84 Å². The molecule has 2 atom stereocenters. The SMILES string of the molecule is O[C@@H]1C[C@@H](OC(c2ccccc2)(c2ccccc2)c2ccccc2)CN(Cc2ccccc2)C1. The minimum atomic E-state index is -0.774. The summed E-state index contributed by atoms with van der Waals surface area (Å²) in [6.07, 6.45) is 0.0510. The van der Waals surface area contributed by atoms with Crippen LogP contribution < -0.4 is 0 Å². The van der Waals surface area contributed by atoms with Gasteiger partial charge in [-0.1, -0.05) is 121 Å². The molecule has 0 saturated carbocycles. The van der Waals surface area contributed by atoms with Crippen molar-refractivity contribution in [3.05, 3.63) is 144 Å². The lowest BCUT2D eigenvalue weighted by Crippen LogP contribution is -2.49. The molecule has 0 radical (unpaired) electrons. The van der Waals surface area contributed by atoms with Gasteiger partial charge in [0.25, 0.3) is 0 Å². The maximum atomic E-state index is 10.8. The Morgan fingerprint density at radius 3 is 1.56 bits per heavy atom. The molecule has 5 rings (SSSR count). The van der Waals surface area contributed by atoms with E-state index in [4.69, 9.17) is 4.74 Å². The molecule has 0 aromatic heterocycles. The highest BCUT2D eigenvalue weighted by Crippen LogP contribution is 2.42. The Kier molecular flexibility index (Phi) is 6.87. The van der Waals surface area contributed by atoms with Gasteiger partial charge in [0.15, 0.2) is 0 Å². The minimum absolute atomic E-state index is 0.131. The van der Waals surface area contributed by atoms with E-state index >= 15 is 0 Å². The van der Waals surface area contributed by atoms with E-state index in [2.05, 4.69) is 102 Å². The minimum Gasteiger partial charge on any atom is -0.392 e. The Morgan fingerprint density at radius 2 is 1.09 bits per heavy atom. The number of hydrogen-bond acceptors (Lipinski definition) is 3. The van der Waals surface area contributed by atoms with Crippen LogP contribution in [0.2, 0.25) is 0 Å². The maximum absolute atomic E-state index is 10.8. The average molecular weight is 450 g/mol. The van der Waals surface area contributed by atoms with Crippen LogP contribution in [0.15, 0.2) is 121 Å². The second-order valence-electron chi connectivity index (χ2n) is 9.09. The second-order valence-corrected chi connectivity index (χ2v) is 9.09. The van der Waals surface area contributed by atoms with Crippen molar-refractivity contribution in [1.82, 2.24) is 4.90 Å². The Bertz CT molecular complexity index is 1050.